The van der Waals surface area contributed by atoms with Crippen molar-refractivity contribution < 1.29 is 24.0 Å². The van der Waals surface area contributed by atoms with Crippen LogP contribution in [0.4, 0.5) is 0 Å². The van der Waals surface area contributed by atoms with E-state index < -0.39 is 24.4 Å². The van der Waals surface area contributed by atoms with Crippen LogP contribution in [0.25, 0.3) is 0 Å². The SMILES string of the molecule is CCOC(=O)CON1C(=O)CCC1=O. The molecular formula is C8H11NO5. The first kappa shape index (κ1) is 10.6. The number of ether oxygens (including phenoxy) is 1. The zero-order chi connectivity index (χ0) is 10.6. The summed E-state index contributed by atoms with van der Waals surface area (Å²) >= 11 is 0. The normalized spacial score (nSPS) is 16.2. The summed E-state index contributed by atoms with van der Waals surface area (Å²) in [4.78, 5) is 37.5. The standard InChI is InChI=1S/C8H11NO5/c1-2-13-8(12)5-14-9-6(10)3-4-7(9)11/h2-5H2,1H3. The summed E-state index contributed by atoms with van der Waals surface area (Å²) in [5.74, 6) is -1.43. The Hall–Kier alpha value is -1.43. The molecular weight excluding hydrogens is 190 g/mol. The van der Waals surface area contributed by atoms with Crippen molar-refractivity contribution in [3.05, 3.63) is 0 Å². The molecule has 1 fully saturated rings. The third-order valence-electron chi connectivity index (χ3n) is 1.62. The van der Waals surface area contributed by atoms with Crippen LogP contribution in [0.3, 0.4) is 0 Å². The van der Waals surface area contributed by atoms with Crippen LogP contribution >= 0.6 is 0 Å². The molecule has 0 aromatic heterocycles. The Morgan fingerprint density at radius 3 is 2.43 bits per heavy atom. The smallest absolute Gasteiger partial charge is 0.334 e. The Bertz CT molecular complexity index is 246. The van der Waals surface area contributed by atoms with Crippen molar-refractivity contribution >= 4 is 17.8 Å². The maximum Gasteiger partial charge on any atom is 0.334 e. The highest BCUT2D eigenvalue weighted by atomic mass is 16.7. The molecule has 0 saturated carbocycles. The van der Waals surface area contributed by atoms with Gasteiger partial charge in [-0.25, -0.2) is 4.79 Å². The first-order valence-electron chi connectivity index (χ1n) is 4.29. The van der Waals surface area contributed by atoms with Crippen molar-refractivity contribution in [1.82, 2.24) is 5.06 Å². The maximum absolute atomic E-state index is 11.0. The average Bonchev–Trinajstić information content (AvgIpc) is 2.44. The Morgan fingerprint density at radius 2 is 1.93 bits per heavy atom. The van der Waals surface area contributed by atoms with Crippen molar-refractivity contribution in [1.29, 1.82) is 0 Å². The van der Waals surface area contributed by atoms with E-state index in [1.54, 1.807) is 6.92 Å². The lowest BCUT2D eigenvalue weighted by Gasteiger charge is -2.11. The first-order chi connectivity index (χ1) is 6.65. The molecule has 1 heterocycles. The van der Waals surface area contributed by atoms with Gasteiger partial charge in [0.25, 0.3) is 11.8 Å². The number of nitrogens with zero attached hydrogens (tertiary/aromatic N) is 1. The van der Waals surface area contributed by atoms with Crippen molar-refractivity contribution in [2.45, 2.75) is 19.8 Å². The third kappa shape index (κ3) is 2.53. The number of carbonyl (C=O) groups excluding carboxylic acids is 3. The fourth-order valence-corrected chi connectivity index (χ4v) is 1.02. The van der Waals surface area contributed by atoms with Crippen molar-refractivity contribution in [3.63, 3.8) is 0 Å². The van der Waals surface area contributed by atoms with E-state index in [1.807, 2.05) is 0 Å². The maximum atomic E-state index is 11.0. The van der Waals surface area contributed by atoms with Crippen LogP contribution in [0.15, 0.2) is 0 Å². The number of carbonyl (C=O) groups is 3. The van der Waals surface area contributed by atoms with Crippen LogP contribution in [-0.2, 0) is 24.0 Å². The van der Waals surface area contributed by atoms with Gasteiger partial charge < -0.3 is 4.74 Å². The monoisotopic (exact) mass is 201 g/mol. The van der Waals surface area contributed by atoms with Crippen LogP contribution in [0.5, 0.6) is 0 Å². The number of hydroxylamine groups is 2. The number of amides is 2. The van der Waals surface area contributed by atoms with E-state index in [4.69, 9.17) is 4.84 Å². The second-order valence-electron chi connectivity index (χ2n) is 2.66. The van der Waals surface area contributed by atoms with Crippen molar-refractivity contribution in [3.8, 4) is 0 Å². The Kier molecular flexibility index (Phi) is 3.58. The van der Waals surface area contributed by atoms with Gasteiger partial charge in [0.05, 0.1) is 6.61 Å². The van der Waals surface area contributed by atoms with Gasteiger partial charge >= 0.3 is 5.97 Å². The second kappa shape index (κ2) is 4.71. The van der Waals surface area contributed by atoms with Gasteiger partial charge in [0.1, 0.15) is 0 Å². The molecule has 14 heavy (non-hydrogen) atoms. The Morgan fingerprint density at radius 1 is 1.36 bits per heavy atom. The minimum absolute atomic E-state index is 0.141. The number of rotatable bonds is 4. The third-order valence-corrected chi connectivity index (χ3v) is 1.62. The van der Waals surface area contributed by atoms with E-state index >= 15 is 0 Å². The van der Waals surface area contributed by atoms with Crippen LogP contribution in [0.2, 0.25) is 0 Å². The molecule has 0 aromatic carbocycles. The molecule has 1 rings (SSSR count). The molecule has 0 unspecified atom stereocenters. The number of esters is 1. The number of hydrogen-bond donors (Lipinski definition) is 0. The van der Waals surface area contributed by atoms with E-state index in [0.29, 0.717) is 5.06 Å². The quantitative estimate of drug-likeness (QED) is 0.458. The molecule has 6 nitrogen and oxygen atoms in total. The summed E-state index contributed by atoms with van der Waals surface area (Å²) in [5, 5.41) is 0.622. The second-order valence-corrected chi connectivity index (χ2v) is 2.66. The fourth-order valence-electron chi connectivity index (χ4n) is 1.02. The van der Waals surface area contributed by atoms with Crippen LogP contribution in [0, 0.1) is 0 Å². The summed E-state index contributed by atoms with van der Waals surface area (Å²) in [6.07, 6.45) is 0.281. The summed E-state index contributed by atoms with van der Waals surface area (Å²) in [7, 11) is 0. The fraction of sp³-hybridized carbons (Fsp3) is 0.625. The lowest BCUT2D eigenvalue weighted by molar-refractivity contribution is -0.193. The average molecular weight is 201 g/mol. The number of imide groups is 1. The first-order valence-corrected chi connectivity index (χ1v) is 4.29. The summed E-state index contributed by atoms with van der Waals surface area (Å²) < 4.78 is 4.56. The van der Waals surface area contributed by atoms with Crippen LogP contribution < -0.4 is 0 Å². The number of hydrogen-bond acceptors (Lipinski definition) is 5. The predicted octanol–water partition coefficient (Wildman–Crippen LogP) is -0.370. The van der Waals surface area contributed by atoms with Gasteiger partial charge in [-0.1, -0.05) is 0 Å². The molecule has 0 bridgehead atoms. The molecule has 78 valence electrons. The molecule has 0 aromatic rings. The van der Waals surface area contributed by atoms with Crippen LogP contribution in [0.1, 0.15) is 19.8 Å². The molecule has 6 heteroatoms. The lowest BCUT2D eigenvalue weighted by atomic mass is 10.4. The van der Waals surface area contributed by atoms with Gasteiger partial charge in [-0.05, 0) is 6.92 Å². The lowest BCUT2D eigenvalue weighted by Crippen LogP contribution is -2.32. The van der Waals surface area contributed by atoms with Gasteiger partial charge in [0.2, 0.25) is 0 Å². The van der Waals surface area contributed by atoms with Gasteiger partial charge in [0, 0.05) is 12.8 Å². The van der Waals surface area contributed by atoms with Crippen molar-refractivity contribution in [2.75, 3.05) is 13.2 Å². The van der Waals surface area contributed by atoms with Gasteiger partial charge in [-0.15, -0.1) is 0 Å². The largest absolute Gasteiger partial charge is 0.464 e. The van der Waals surface area contributed by atoms with Gasteiger partial charge in [0.15, 0.2) is 6.61 Å². The highest BCUT2D eigenvalue weighted by Crippen LogP contribution is 2.11. The Balaban J connectivity index is 2.33. The molecule has 1 saturated heterocycles. The molecule has 1 aliphatic rings. The topological polar surface area (TPSA) is 72.9 Å². The Labute approximate surface area is 80.7 Å². The van der Waals surface area contributed by atoms with Crippen LogP contribution in [-0.4, -0.2) is 36.1 Å². The van der Waals surface area contributed by atoms with E-state index in [2.05, 4.69) is 4.74 Å². The minimum Gasteiger partial charge on any atom is -0.464 e. The highest BCUT2D eigenvalue weighted by Gasteiger charge is 2.30. The van der Waals surface area contributed by atoms with Gasteiger partial charge in [-0.2, -0.15) is 5.06 Å². The molecule has 1 aliphatic heterocycles. The zero-order valence-electron chi connectivity index (χ0n) is 7.82. The molecule has 0 N–H and O–H groups in total. The summed E-state index contributed by atoms with van der Waals surface area (Å²) in [5.41, 5.74) is 0. The predicted molar refractivity (Wildman–Crippen MR) is 43.7 cm³/mol. The molecule has 2 amide bonds. The molecule has 0 aliphatic carbocycles. The highest BCUT2D eigenvalue weighted by molar-refractivity contribution is 6.00. The minimum atomic E-state index is -0.597. The van der Waals surface area contributed by atoms with E-state index in [0.717, 1.165) is 0 Å². The van der Waals surface area contributed by atoms with E-state index in [9.17, 15) is 14.4 Å². The molecule has 0 radical (unpaired) electrons. The van der Waals surface area contributed by atoms with E-state index in [1.165, 1.54) is 0 Å². The zero-order valence-corrected chi connectivity index (χ0v) is 7.82. The molecule has 0 atom stereocenters. The summed E-state index contributed by atoms with van der Waals surface area (Å²) in [6, 6.07) is 0. The van der Waals surface area contributed by atoms with Crippen molar-refractivity contribution in [2.24, 2.45) is 0 Å². The van der Waals surface area contributed by atoms with E-state index in [-0.39, 0.29) is 19.4 Å². The van der Waals surface area contributed by atoms with Gasteiger partial charge in [-0.3, -0.25) is 14.4 Å². The summed E-state index contributed by atoms with van der Waals surface area (Å²) in [6.45, 7) is 1.49. The molecule has 0 spiro atoms.